The topological polar surface area (TPSA) is 51.0 Å². The van der Waals surface area contributed by atoms with Crippen molar-refractivity contribution in [2.24, 2.45) is 0 Å². The monoisotopic (exact) mass is 295 g/mol. The van der Waals surface area contributed by atoms with Crippen molar-refractivity contribution in [1.82, 2.24) is 9.97 Å². The number of nitrogens with zero attached hydrogens (tertiary/aromatic N) is 2. The molecule has 2 aromatic heterocycles. The first-order valence-electron chi connectivity index (χ1n) is 5.57. The molecule has 2 aromatic rings. The van der Waals surface area contributed by atoms with Gasteiger partial charge in [-0.15, -0.1) is 0 Å². The molecule has 0 bridgehead atoms. The average molecular weight is 296 g/mol. The first kappa shape index (κ1) is 12.1. The molecule has 0 aliphatic rings. The van der Waals surface area contributed by atoms with E-state index in [1.807, 2.05) is 25.1 Å². The fraction of sp³-hybridized carbons (Fsp3) is 0.333. The molecular weight excluding hydrogens is 282 g/mol. The quantitative estimate of drug-likeness (QED) is 0.862. The van der Waals surface area contributed by atoms with Crippen LogP contribution in [0.25, 0.3) is 0 Å². The van der Waals surface area contributed by atoms with Crippen molar-refractivity contribution < 1.29 is 4.42 Å². The zero-order chi connectivity index (χ0) is 12.1. The van der Waals surface area contributed by atoms with E-state index in [2.05, 4.69) is 31.2 Å². The summed E-state index contributed by atoms with van der Waals surface area (Å²) in [5, 5.41) is 3.26. The van der Waals surface area contributed by atoms with Gasteiger partial charge in [-0.05, 0) is 28.1 Å². The van der Waals surface area contributed by atoms with E-state index in [0.29, 0.717) is 0 Å². The Hall–Kier alpha value is -1.36. The predicted molar refractivity (Wildman–Crippen MR) is 70.0 cm³/mol. The summed E-state index contributed by atoms with van der Waals surface area (Å²) in [6.07, 6.45) is 3.36. The van der Waals surface area contributed by atoms with Gasteiger partial charge in [0.25, 0.3) is 0 Å². The number of halogens is 1. The van der Waals surface area contributed by atoms with Gasteiger partial charge in [0, 0.05) is 25.5 Å². The molecule has 1 N–H and O–H groups in total. The number of nitrogens with one attached hydrogen (secondary N) is 1. The van der Waals surface area contributed by atoms with E-state index < -0.39 is 0 Å². The number of aryl methyl sites for hydroxylation is 1. The van der Waals surface area contributed by atoms with E-state index in [1.165, 1.54) is 0 Å². The van der Waals surface area contributed by atoms with Gasteiger partial charge in [-0.3, -0.25) is 0 Å². The van der Waals surface area contributed by atoms with E-state index >= 15 is 0 Å². The second-order valence-corrected chi connectivity index (χ2v) is 4.41. The maximum atomic E-state index is 5.26. The summed E-state index contributed by atoms with van der Waals surface area (Å²) in [7, 11) is 0. The minimum absolute atomic E-state index is 0.792. The van der Waals surface area contributed by atoms with Crippen molar-refractivity contribution in [3.63, 3.8) is 0 Å². The van der Waals surface area contributed by atoms with Crippen molar-refractivity contribution in [2.45, 2.75) is 19.8 Å². The third-order valence-electron chi connectivity index (χ3n) is 2.32. The highest BCUT2D eigenvalue weighted by Crippen LogP contribution is 2.12. The van der Waals surface area contributed by atoms with Crippen molar-refractivity contribution in [2.75, 3.05) is 11.9 Å². The Morgan fingerprint density at radius 1 is 1.41 bits per heavy atom. The van der Waals surface area contributed by atoms with Crippen LogP contribution in [0.3, 0.4) is 0 Å². The Labute approximate surface area is 109 Å². The average Bonchev–Trinajstić information content (AvgIpc) is 2.81. The lowest BCUT2D eigenvalue weighted by molar-refractivity contribution is 0.513. The van der Waals surface area contributed by atoms with Crippen LogP contribution in [0.1, 0.15) is 18.5 Å². The Balaban J connectivity index is 1.92. The summed E-state index contributed by atoms with van der Waals surface area (Å²) < 4.78 is 6.07. The first-order valence-corrected chi connectivity index (χ1v) is 6.37. The normalized spacial score (nSPS) is 10.5. The summed E-state index contributed by atoms with van der Waals surface area (Å²) in [6, 6.07) is 5.74. The lowest BCUT2D eigenvalue weighted by atomic mass is 10.3. The van der Waals surface area contributed by atoms with Crippen molar-refractivity contribution in [3.8, 4) is 0 Å². The van der Waals surface area contributed by atoms with Crippen LogP contribution in [-0.4, -0.2) is 16.5 Å². The highest BCUT2D eigenvalue weighted by molar-refractivity contribution is 9.10. The SMILES string of the molecule is CCc1nc(Br)cc(NCCc2ccco2)n1. The molecular formula is C12H14BrN3O. The zero-order valence-electron chi connectivity index (χ0n) is 9.61. The Morgan fingerprint density at radius 2 is 2.29 bits per heavy atom. The molecule has 0 saturated carbocycles. The molecule has 0 aromatic carbocycles. The molecule has 0 fully saturated rings. The molecule has 2 heterocycles. The number of hydrogen-bond donors (Lipinski definition) is 1. The number of anilines is 1. The summed E-state index contributed by atoms with van der Waals surface area (Å²) in [4.78, 5) is 8.65. The Kier molecular flexibility index (Phi) is 4.14. The molecule has 0 aliphatic carbocycles. The summed E-state index contributed by atoms with van der Waals surface area (Å²) >= 11 is 3.37. The number of furan rings is 1. The molecule has 0 amide bonds. The van der Waals surface area contributed by atoms with Crippen LogP contribution >= 0.6 is 15.9 Å². The van der Waals surface area contributed by atoms with Gasteiger partial charge in [-0.25, -0.2) is 9.97 Å². The number of rotatable bonds is 5. The predicted octanol–water partition coefficient (Wildman–Crippen LogP) is 3.05. The summed E-state index contributed by atoms with van der Waals surface area (Å²) in [5.41, 5.74) is 0. The van der Waals surface area contributed by atoms with Gasteiger partial charge in [0.15, 0.2) is 0 Å². The first-order chi connectivity index (χ1) is 8.28. The fourth-order valence-corrected chi connectivity index (χ4v) is 1.90. The van der Waals surface area contributed by atoms with Crippen LogP contribution in [-0.2, 0) is 12.8 Å². The van der Waals surface area contributed by atoms with Gasteiger partial charge in [-0.1, -0.05) is 6.92 Å². The standard InChI is InChI=1S/C12H14BrN3O/c1-2-11-15-10(13)8-12(16-11)14-6-5-9-4-3-7-17-9/h3-4,7-8H,2,5-6H2,1H3,(H,14,15,16). The third-order valence-corrected chi connectivity index (χ3v) is 2.72. The smallest absolute Gasteiger partial charge is 0.131 e. The second-order valence-electron chi connectivity index (χ2n) is 3.60. The molecule has 0 spiro atoms. The van der Waals surface area contributed by atoms with Crippen LogP contribution in [0.5, 0.6) is 0 Å². The number of aromatic nitrogens is 2. The van der Waals surface area contributed by atoms with Gasteiger partial charge in [0.1, 0.15) is 22.0 Å². The Bertz CT molecular complexity index is 471. The molecule has 0 saturated heterocycles. The van der Waals surface area contributed by atoms with E-state index in [9.17, 15) is 0 Å². The Morgan fingerprint density at radius 3 is 3.00 bits per heavy atom. The summed E-state index contributed by atoms with van der Waals surface area (Å²) in [5.74, 6) is 2.65. The highest BCUT2D eigenvalue weighted by atomic mass is 79.9. The van der Waals surface area contributed by atoms with Gasteiger partial charge in [-0.2, -0.15) is 0 Å². The van der Waals surface area contributed by atoms with Gasteiger partial charge < -0.3 is 9.73 Å². The lowest BCUT2D eigenvalue weighted by Crippen LogP contribution is -2.07. The van der Waals surface area contributed by atoms with Crippen LogP contribution in [0.15, 0.2) is 33.5 Å². The second kappa shape index (κ2) is 5.82. The zero-order valence-corrected chi connectivity index (χ0v) is 11.2. The van der Waals surface area contributed by atoms with Crippen molar-refractivity contribution in [3.05, 3.63) is 40.7 Å². The molecule has 0 atom stereocenters. The lowest BCUT2D eigenvalue weighted by Gasteiger charge is -2.06. The van der Waals surface area contributed by atoms with Crippen molar-refractivity contribution >= 4 is 21.7 Å². The molecule has 90 valence electrons. The molecule has 0 radical (unpaired) electrons. The minimum atomic E-state index is 0.792. The fourth-order valence-electron chi connectivity index (χ4n) is 1.48. The molecule has 5 heteroatoms. The van der Waals surface area contributed by atoms with Gasteiger partial charge >= 0.3 is 0 Å². The third kappa shape index (κ3) is 3.56. The van der Waals surface area contributed by atoms with E-state index in [0.717, 1.165) is 41.4 Å². The molecule has 4 nitrogen and oxygen atoms in total. The molecule has 0 unspecified atom stereocenters. The van der Waals surface area contributed by atoms with Crippen molar-refractivity contribution in [1.29, 1.82) is 0 Å². The van der Waals surface area contributed by atoms with Gasteiger partial charge in [0.05, 0.1) is 6.26 Å². The maximum absolute atomic E-state index is 5.26. The largest absolute Gasteiger partial charge is 0.469 e. The van der Waals surface area contributed by atoms with Crippen LogP contribution in [0.4, 0.5) is 5.82 Å². The van der Waals surface area contributed by atoms with E-state index in [-0.39, 0.29) is 0 Å². The van der Waals surface area contributed by atoms with E-state index in [4.69, 9.17) is 4.42 Å². The highest BCUT2D eigenvalue weighted by Gasteiger charge is 2.01. The minimum Gasteiger partial charge on any atom is -0.469 e. The van der Waals surface area contributed by atoms with E-state index in [1.54, 1.807) is 6.26 Å². The van der Waals surface area contributed by atoms with Gasteiger partial charge in [0.2, 0.25) is 0 Å². The summed E-state index contributed by atoms with van der Waals surface area (Å²) in [6.45, 7) is 2.83. The van der Waals surface area contributed by atoms with Crippen LogP contribution < -0.4 is 5.32 Å². The maximum Gasteiger partial charge on any atom is 0.131 e. The van der Waals surface area contributed by atoms with Crippen LogP contribution in [0, 0.1) is 0 Å². The molecule has 17 heavy (non-hydrogen) atoms. The molecule has 0 aliphatic heterocycles. The van der Waals surface area contributed by atoms with Crippen LogP contribution in [0.2, 0.25) is 0 Å². The number of hydrogen-bond acceptors (Lipinski definition) is 4. The molecule has 2 rings (SSSR count).